The monoisotopic (exact) mass is 407 g/mol. The summed E-state index contributed by atoms with van der Waals surface area (Å²) in [7, 11) is 0. The number of rotatable bonds is 7. The third-order valence-corrected chi connectivity index (χ3v) is 6.12. The minimum atomic E-state index is 0.197. The fraction of sp³-hybridized carbons (Fsp3) is 0.480. The highest BCUT2D eigenvalue weighted by atomic mass is 16.5. The molecule has 1 saturated heterocycles. The molecule has 1 fully saturated rings. The molecule has 2 aromatic rings. The predicted molar refractivity (Wildman–Crippen MR) is 119 cm³/mol. The lowest BCUT2D eigenvalue weighted by Crippen LogP contribution is -2.50. The lowest BCUT2D eigenvalue weighted by Gasteiger charge is -2.36. The number of nitrogens with zero attached hydrogens (tertiary/aromatic N) is 3. The van der Waals surface area contributed by atoms with Crippen molar-refractivity contribution in [1.82, 2.24) is 14.7 Å². The first-order valence-corrected chi connectivity index (χ1v) is 11.1. The highest BCUT2D eigenvalue weighted by molar-refractivity contribution is 5.78. The van der Waals surface area contributed by atoms with Crippen LogP contribution >= 0.6 is 0 Å². The van der Waals surface area contributed by atoms with E-state index in [-0.39, 0.29) is 11.9 Å². The lowest BCUT2D eigenvalue weighted by atomic mass is 10.1. The van der Waals surface area contributed by atoms with Crippen LogP contribution in [0.2, 0.25) is 0 Å². The molecule has 0 radical (unpaired) electrons. The molecule has 2 aliphatic rings. The number of piperazine rings is 1. The van der Waals surface area contributed by atoms with Gasteiger partial charge in [-0.25, -0.2) is 0 Å². The minimum Gasteiger partial charge on any atom is -0.493 e. The molecule has 0 saturated carbocycles. The van der Waals surface area contributed by atoms with Crippen LogP contribution in [0.15, 0.2) is 48.5 Å². The molecule has 0 N–H and O–H groups in total. The number of hydrogen-bond acceptors (Lipinski definition) is 4. The van der Waals surface area contributed by atoms with Crippen LogP contribution < -0.4 is 4.74 Å². The molecule has 160 valence electrons. The summed E-state index contributed by atoms with van der Waals surface area (Å²) in [6.45, 7) is 11.1. The van der Waals surface area contributed by atoms with Gasteiger partial charge in [-0.1, -0.05) is 42.5 Å². The highest BCUT2D eigenvalue weighted by Gasteiger charge is 2.23. The molecular weight excluding hydrogens is 374 g/mol. The molecule has 0 aliphatic carbocycles. The average molecular weight is 408 g/mol. The van der Waals surface area contributed by atoms with Crippen molar-refractivity contribution in [3.8, 4) is 5.75 Å². The van der Waals surface area contributed by atoms with Crippen molar-refractivity contribution in [1.29, 1.82) is 0 Å². The van der Waals surface area contributed by atoms with E-state index < -0.39 is 0 Å². The largest absolute Gasteiger partial charge is 0.493 e. The Morgan fingerprint density at radius 1 is 1.00 bits per heavy atom. The molecule has 0 unspecified atom stereocenters. The van der Waals surface area contributed by atoms with Gasteiger partial charge in [-0.2, -0.15) is 0 Å². The molecule has 0 aromatic heterocycles. The van der Waals surface area contributed by atoms with Gasteiger partial charge in [0.05, 0.1) is 13.2 Å². The van der Waals surface area contributed by atoms with Crippen LogP contribution in [-0.4, -0.2) is 66.0 Å². The van der Waals surface area contributed by atoms with Crippen molar-refractivity contribution >= 4 is 5.91 Å². The minimum absolute atomic E-state index is 0.197. The number of ether oxygens (including phenoxy) is 1. The second-order valence-corrected chi connectivity index (χ2v) is 8.69. The summed E-state index contributed by atoms with van der Waals surface area (Å²) in [5.41, 5.74) is 3.88. The van der Waals surface area contributed by atoms with Gasteiger partial charge in [0, 0.05) is 51.7 Å². The second-order valence-electron chi connectivity index (χ2n) is 8.69. The number of benzene rings is 2. The van der Waals surface area contributed by atoms with Gasteiger partial charge in [0.25, 0.3) is 0 Å². The molecule has 2 heterocycles. The second kappa shape index (κ2) is 9.63. The molecule has 0 spiro atoms. The number of fused-ring (bicyclic) bond motifs is 1. The van der Waals surface area contributed by atoms with Crippen LogP contribution in [0.4, 0.5) is 0 Å². The van der Waals surface area contributed by atoms with Crippen molar-refractivity contribution in [3.05, 3.63) is 65.2 Å². The van der Waals surface area contributed by atoms with Gasteiger partial charge in [0.1, 0.15) is 5.75 Å². The maximum atomic E-state index is 13.0. The van der Waals surface area contributed by atoms with Crippen LogP contribution in [0.3, 0.4) is 0 Å². The van der Waals surface area contributed by atoms with Gasteiger partial charge in [0.2, 0.25) is 5.91 Å². The summed E-state index contributed by atoms with van der Waals surface area (Å²) in [5, 5.41) is 0. The fourth-order valence-electron chi connectivity index (χ4n) is 4.32. The Hall–Kier alpha value is -2.37. The third kappa shape index (κ3) is 5.21. The normalized spacial score (nSPS) is 17.0. The molecule has 2 aromatic carbocycles. The van der Waals surface area contributed by atoms with E-state index in [2.05, 4.69) is 54.0 Å². The molecular formula is C25H33N3O2. The first kappa shape index (κ1) is 20.9. The fourth-order valence-corrected chi connectivity index (χ4v) is 4.32. The zero-order valence-corrected chi connectivity index (χ0v) is 18.2. The zero-order valence-electron chi connectivity index (χ0n) is 18.2. The third-order valence-electron chi connectivity index (χ3n) is 6.12. The first-order chi connectivity index (χ1) is 14.6. The first-order valence-electron chi connectivity index (χ1n) is 11.1. The maximum Gasteiger partial charge on any atom is 0.237 e. The van der Waals surface area contributed by atoms with Gasteiger partial charge in [-0.15, -0.1) is 0 Å². The predicted octanol–water partition coefficient (Wildman–Crippen LogP) is 3.18. The van der Waals surface area contributed by atoms with E-state index >= 15 is 0 Å². The van der Waals surface area contributed by atoms with E-state index in [1.807, 2.05) is 23.1 Å². The standard InChI is InChI=1S/C25H33N3O2/c1-20(2)28(18-21-6-4-3-5-7-21)25(29)19-27-13-11-26(12-14-27)17-22-8-9-24-23(16-22)10-15-30-24/h3-9,16,20H,10-15,17-19H2,1-2H3. The number of carbonyl (C=O) groups excluding carboxylic acids is 1. The topological polar surface area (TPSA) is 36.0 Å². The molecule has 30 heavy (non-hydrogen) atoms. The Labute approximate surface area is 180 Å². The van der Waals surface area contributed by atoms with Crippen LogP contribution in [0.1, 0.15) is 30.5 Å². The smallest absolute Gasteiger partial charge is 0.237 e. The average Bonchev–Trinajstić information content (AvgIpc) is 3.22. The van der Waals surface area contributed by atoms with Gasteiger partial charge >= 0.3 is 0 Å². The summed E-state index contributed by atoms with van der Waals surface area (Å²) in [4.78, 5) is 19.8. The molecule has 2 aliphatic heterocycles. The lowest BCUT2D eigenvalue weighted by molar-refractivity contribution is -0.135. The number of amides is 1. The van der Waals surface area contributed by atoms with Crippen LogP contribution in [0.25, 0.3) is 0 Å². The van der Waals surface area contributed by atoms with Crippen molar-refractivity contribution in [2.45, 2.75) is 39.4 Å². The number of hydrogen-bond donors (Lipinski definition) is 0. The Morgan fingerprint density at radius 2 is 1.73 bits per heavy atom. The van der Waals surface area contributed by atoms with Crippen molar-refractivity contribution in [2.75, 3.05) is 39.3 Å². The SMILES string of the molecule is CC(C)N(Cc1ccccc1)C(=O)CN1CCN(Cc2ccc3c(c2)CCO3)CC1. The molecule has 0 bridgehead atoms. The summed E-state index contributed by atoms with van der Waals surface area (Å²) in [5.74, 6) is 1.27. The van der Waals surface area contributed by atoms with E-state index in [0.717, 1.165) is 51.5 Å². The van der Waals surface area contributed by atoms with E-state index in [4.69, 9.17) is 4.74 Å². The van der Waals surface area contributed by atoms with Crippen molar-refractivity contribution in [2.24, 2.45) is 0 Å². The Bertz CT molecular complexity index is 845. The summed E-state index contributed by atoms with van der Waals surface area (Å²) in [6.07, 6.45) is 1.02. The van der Waals surface area contributed by atoms with E-state index in [1.165, 1.54) is 16.7 Å². The Morgan fingerprint density at radius 3 is 2.47 bits per heavy atom. The van der Waals surface area contributed by atoms with Crippen LogP contribution in [-0.2, 0) is 24.3 Å². The van der Waals surface area contributed by atoms with Gasteiger partial charge in [-0.05, 0) is 36.6 Å². The zero-order chi connectivity index (χ0) is 20.9. The van der Waals surface area contributed by atoms with Gasteiger partial charge in [-0.3, -0.25) is 14.6 Å². The van der Waals surface area contributed by atoms with Crippen molar-refractivity contribution in [3.63, 3.8) is 0 Å². The van der Waals surface area contributed by atoms with E-state index in [9.17, 15) is 4.79 Å². The van der Waals surface area contributed by atoms with Crippen LogP contribution in [0.5, 0.6) is 5.75 Å². The van der Waals surface area contributed by atoms with E-state index in [0.29, 0.717) is 13.1 Å². The number of carbonyl (C=O) groups is 1. The molecule has 1 amide bonds. The molecule has 0 atom stereocenters. The van der Waals surface area contributed by atoms with Gasteiger partial charge in [0.15, 0.2) is 0 Å². The summed E-state index contributed by atoms with van der Waals surface area (Å²) < 4.78 is 5.61. The van der Waals surface area contributed by atoms with Crippen molar-refractivity contribution < 1.29 is 9.53 Å². The van der Waals surface area contributed by atoms with E-state index in [1.54, 1.807) is 0 Å². The Balaban J connectivity index is 1.26. The molecule has 4 rings (SSSR count). The quantitative estimate of drug-likeness (QED) is 0.706. The summed E-state index contributed by atoms with van der Waals surface area (Å²) >= 11 is 0. The van der Waals surface area contributed by atoms with Crippen LogP contribution in [0, 0.1) is 0 Å². The summed E-state index contributed by atoms with van der Waals surface area (Å²) in [6, 6.07) is 17.0. The highest BCUT2D eigenvalue weighted by Crippen LogP contribution is 2.26. The molecule has 5 nitrogen and oxygen atoms in total. The van der Waals surface area contributed by atoms with Gasteiger partial charge < -0.3 is 9.64 Å². The maximum absolute atomic E-state index is 13.0. The molecule has 5 heteroatoms. The Kier molecular flexibility index (Phi) is 6.70.